The van der Waals surface area contributed by atoms with E-state index < -0.39 is 0 Å². The van der Waals surface area contributed by atoms with Gasteiger partial charge in [0.15, 0.2) is 0 Å². The fraction of sp³-hybridized carbons (Fsp3) is 0.632. The Morgan fingerprint density at radius 3 is 2.43 bits per heavy atom. The SMILES string of the molecule is C[C@H](CC(C)(C)c1ccccc1)NC(=O)NC1CCC(O)CC1. The predicted molar refractivity (Wildman–Crippen MR) is 93.5 cm³/mol. The zero-order chi connectivity index (χ0) is 16.9. The number of nitrogens with one attached hydrogen (secondary N) is 2. The highest BCUT2D eigenvalue weighted by Gasteiger charge is 2.25. The van der Waals surface area contributed by atoms with Crippen molar-refractivity contribution in [2.75, 3.05) is 0 Å². The number of aliphatic hydroxyl groups excluding tert-OH is 1. The minimum atomic E-state index is -0.193. The van der Waals surface area contributed by atoms with Gasteiger partial charge in [-0.1, -0.05) is 44.2 Å². The lowest BCUT2D eigenvalue weighted by atomic mass is 9.79. The van der Waals surface area contributed by atoms with Crippen LogP contribution in [0.3, 0.4) is 0 Å². The molecule has 0 aliphatic heterocycles. The molecule has 3 N–H and O–H groups in total. The van der Waals surface area contributed by atoms with Gasteiger partial charge in [0.05, 0.1) is 6.10 Å². The Balaban J connectivity index is 1.79. The van der Waals surface area contributed by atoms with Crippen LogP contribution in [-0.4, -0.2) is 29.3 Å². The normalized spacial score (nSPS) is 23.1. The monoisotopic (exact) mass is 318 g/mol. The van der Waals surface area contributed by atoms with Crippen molar-refractivity contribution in [3.8, 4) is 0 Å². The average molecular weight is 318 g/mol. The fourth-order valence-corrected chi connectivity index (χ4v) is 3.49. The standard InChI is InChI=1S/C19H30N2O2/c1-14(13-19(2,3)15-7-5-4-6-8-15)20-18(23)21-16-9-11-17(22)12-10-16/h4-8,14,16-17,22H,9-13H2,1-3H3,(H2,20,21,23)/t14-,16?,17?/m1/s1. The Kier molecular flexibility index (Phi) is 6.05. The van der Waals surface area contributed by atoms with Crippen LogP contribution in [0.2, 0.25) is 0 Å². The quantitative estimate of drug-likeness (QED) is 0.779. The number of aliphatic hydroxyl groups is 1. The Hall–Kier alpha value is -1.55. The Bertz CT molecular complexity index is 493. The van der Waals surface area contributed by atoms with E-state index in [4.69, 9.17) is 0 Å². The number of hydrogen-bond donors (Lipinski definition) is 3. The molecule has 128 valence electrons. The third-order valence-electron chi connectivity index (χ3n) is 4.78. The van der Waals surface area contributed by atoms with Crippen LogP contribution in [0.4, 0.5) is 4.79 Å². The van der Waals surface area contributed by atoms with E-state index >= 15 is 0 Å². The molecule has 2 rings (SSSR count). The van der Waals surface area contributed by atoms with Gasteiger partial charge in [-0.05, 0) is 50.0 Å². The molecule has 0 saturated heterocycles. The van der Waals surface area contributed by atoms with Crippen LogP contribution >= 0.6 is 0 Å². The van der Waals surface area contributed by atoms with E-state index in [1.165, 1.54) is 5.56 Å². The number of amides is 2. The van der Waals surface area contributed by atoms with Gasteiger partial charge in [0, 0.05) is 12.1 Å². The van der Waals surface area contributed by atoms with Gasteiger partial charge < -0.3 is 15.7 Å². The summed E-state index contributed by atoms with van der Waals surface area (Å²) in [4.78, 5) is 12.1. The Morgan fingerprint density at radius 1 is 1.22 bits per heavy atom. The van der Waals surface area contributed by atoms with Gasteiger partial charge in [0.1, 0.15) is 0 Å². The van der Waals surface area contributed by atoms with Gasteiger partial charge >= 0.3 is 6.03 Å². The van der Waals surface area contributed by atoms with Crippen molar-refractivity contribution in [1.82, 2.24) is 10.6 Å². The maximum Gasteiger partial charge on any atom is 0.315 e. The summed E-state index contributed by atoms with van der Waals surface area (Å²) in [6.07, 6.45) is 3.97. The molecule has 1 aromatic rings. The number of hydrogen-bond acceptors (Lipinski definition) is 2. The molecule has 1 fully saturated rings. The largest absolute Gasteiger partial charge is 0.393 e. The van der Waals surface area contributed by atoms with Gasteiger partial charge in [0.25, 0.3) is 0 Å². The highest BCUT2D eigenvalue weighted by molar-refractivity contribution is 5.74. The second-order valence-corrected chi connectivity index (χ2v) is 7.48. The molecule has 0 bridgehead atoms. The molecule has 23 heavy (non-hydrogen) atoms. The summed E-state index contributed by atoms with van der Waals surface area (Å²) in [6, 6.07) is 10.6. The molecule has 4 heteroatoms. The summed E-state index contributed by atoms with van der Waals surface area (Å²) >= 11 is 0. The first kappa shape index (κ1) is 17.8. The van der Waals surface area contributed by atoms with E-state index in [-0.39, 0.29) is 29.6 Å². The highest BCUT2D eigenvalue weighted by Crippen LogP contribution is 2.28. The Morgan fingerprint density at radius 2 is 1.83 bits per heavy atom. The van der Waals surface area contributed by atoms with Crippen molar-refractivity contribution in [2.24, 2.45) is 0 Å². The van der Waals surface area contributed by atoms with Crippen LogP contribution in [0.1, 0.15) is 58.4 Å². The van der Waals surface area contributed by atoms with Crippen molar-refractivity contribution in [2.45, 2.75) is 76.5 Å². The van der Waals surface area contributed by atoms with Crippen LogP contribution in [0.5, 0.6) is 0 Å². The molecule has 4 nitrogen and oxygen atoms in total. The van der Waals surface area contributed by atoms with Crippen LogP contribution in [-0.2, 0) is 5.41 Å². The number of urea groups is 1. The second kappa shape index (κ2) is 7.82. The minimum absolute atomic E-state index is 0.0168. The average Bonchev–Trinajstić information content (AvgIpc) is 2.49. The molecule has 1 atom stereocenters. The van der Waals surface area contributed by atoms with Gasteiger partial charge in [-0.15, -0.1) is 0 Å². The summed E-state index contributed by atoms with van der Waals surface area (Å²) in [5.41, 5.74) is 1.30. The van der Waals surface area contributed by atoms with Gasteiger partial charge in [-0.2, -0.15) is 0 Å². The lowest BCUT2D eigenvalue weighted by Gasteiger charge is -2.30. The zero-order valence-corrected chi connectivity index (χ0v) is 14.5. The molecule has 0 aromatic heterocycles. The summed E-state index contributed by atoms with van der Waals surface area (Å²) < 4.78 is 0. The smallest absolute Gasteiger partial charge is 0.315 e. The van der Waals surface area contributed by atoms with Crippen molar-refractivity contribution >= 4 is 6.03 Å². The van der Waals surface area contributed by atoms with Crippen molar-refractivity contribution < 1.29 is 9.90 Å². The number of benzene rings is 1. The molecule has 0 spiro atoms. The number of carbonyl (C=O) groups excluding carboxylic acids is 1. The first-order chi connectivity index (χ1) is 10.9. The zero-order valence-electron chi connectivity index (χ0n) is 14.5. The minimum Gasteiger partial charge on any atom is -0.393 e. The van der Waals surface area contributed by atoms with Gasteiger partial charge in [0.2, 0.25) is 0 Å². The molecule has 1 aliphatic rings. The van der Waals surface area contributed by atoms with Crippen LogP contribution < -0.4 is 10.6 Å². The number of carbonyl (C=O) groups is 1. The maximum atomic E-state index is 12.1. The molecular weight excluding hydrogens is 288 g/mol. The molecule has 1 saturated carbocycles. The lowest BCUT2D eigenvalue weighted by molar-refractivity contribution is 0.117. The second-order valence-electron chi connectivity index (χ2n) is 7.48. The van der Waals surface area contributed by atoms with E-state index in [0.717, 1.165) is 32.1 Å². The van der Waals surface area contributed by atoms with Gasteiger partial charge in [-0.3, -0.25) is 0 Å². The summed E-state index contributed by atoms with van der Waals surface area (Å²) in [5, 5.41) is 15.6. The van der Waals surface area contributed by atoms with E-state index in [9.17, 15) is 9.90 Å². The van der Waals surface area contributed by atoms with Crippen molar-refractivity contribution in [1.29, 1.82) is 0 Å². The van der Waals surface area contributed by atoms with Gasteiger partial charge in [-0.25, -0.2) is 4.79 Å². The first-order valence-electron chi connectivity index (χ1n) is 8.67. The maximum absolute atomic E-state index is 12.1. The molecule has 0 heterocycles. The Labute approximate surface area is 139 Å². The third-order valence-corrected chi connectivity index (χ3v) is 4.78. The van der Waals surface area contributed by atoms with Crippen molar-refractivity contribution in [3.05, 3.63) is 35.9 Å². The molecule has 1 aromatic carbocycles. The van der Waals surface area contributed by atoms with E-state index in [2.05, 4.69) is 55.7 Å². The first-order valence-corrected chi connectivity index (χ1v) is 8.67. The molecule has 1 aliphatic carbocycles. The fourth-order valence-electron chi connectivity index (χ4n) is 3.49. The summed E-state index contributed by atoms with van der Waals surface area (Å²) in [5.74, 6) is 0. The molecular formula is C19H30N2O2. The van der Waals surface area contributed by atoms with E-state index in [1.807, 2.05) is 6.07 Å². The lowest BCUT2D eigenvalue weighted by Crippen LogP contribution is -2.47. The van der Waals surface area contributed by atoms with Crippen LogP contribution in [0, 0.1) is 0 Å². The topological polar surface area (TPSA) is 61.4 Å². The van der Waals surface area contributed by atoms with Crippen molar-refractivity contribution in [3.63, 3.8) is 0 Å². The molecule has 0 radical (unpaired) electrons. The van der Waals surface area contributed by atoms with Crippen LogP contribution in [0.25, 0.3) is 0 Å². The van der Waals surface area contributed by atoms with E-state index in [1.54, 1.807) is 0 Å². The molecule has 0 unspecified atom stereocenters. The van der Waals surface area contributed by atoms with Crippen LogP contribution in [0.15, 0.2) is 30.3 Å². The van der Waals surface area contributed by atoms with E-state index in [0.29, 0.717) is 0 Å². The third kappa shape index (κ3) is 5.54. The summed E-state index contributed by atoms with van der Waals surface area (Å²) in [6.45, 7) is 6.47. The summed E-state index contributed by atoms with van der Waals surface area (Å²) in [7, 11) is 0. The number of rotatable bonds is 5. The predicted octanol–water partition coefficient (Wildman–Crippen LogP) is 3.35. The highest BCUT2D eigenvalue weighted by atomic mass is 16.3. The molecule has 2 amide bonds.